The molecule has 7 rings (SSSR count). The summed E-state index contributed by atoms with van der Waals surface area (Å²) in [6, 6.07) is 8.02. The van der Waals surface area contributed by atoms with Crippen LogP contribution in [0.1, 0.15) is 118 Å². The average Bonchev–Trinajstić information content (AvgIpc) is 3.32. The number of benzene rings is 1. The first kappa shape index (κ1) is 30.1. The lowest BCUT2D eigenvalue weighted by molar-refractivity contribution is -0.168. The number of hydrogen-bond donors (Lipinski definition) is 3. The van der Waals surface area contributed by atoms with Gasteiger partial charge in [0, 0.05) is 22.0 Å². The maximum atomic E-state index is 14.1. The molecule has 3 N–H and O–H groups in total. The lowest BCUT2D eigenvalue weighted by Crippen LogP contribution is -2.65. The van der Waals surface area contributed by atoms with E-state index in [-0.39, 0.29) is 38.9 Å². The van der Waals surface area contributed by atoms with Gasteiger partial charge in [-0.15, -0.1) is 0 Å². The van der Waals surface area contributed by atoms with Crippen LogP contribution in [0.5, 0.6) is 0 Å². The molecule has 0 radical (unpaired) electrons. The zero-order chi connectivity index (χ0) is 31.7. The van der Waals surface area contributed by atoms with Crippen LogP contribution in [-0.4, -0.2) is 28.0 Å². The van der Waals surface area contributed by atoms with Crippen molar-refractivity contribution in [1.29, 1.82) is 0 Å². The number of fused-ring (bicyclic) bond motifs is 10. The molecule has 0 bridgehead atoms. The van der Waals surface area contributed by atoms with E-state index in [2.05, 4.69) is 89.1 Å². The van der Waals surface area contributed by atoms with Gasteiger partial charge in [0.2, 0.25) is 5.91 Å². The van der Waals surface area contributed by atoms with Crippen LogP contribution < -0.4 is 5.32 Å². The van der Waals surface area contributed by atoms with Crippen LogP contribution in [0, 0.1) is 44.8 Å². The average molecular weight is 599 g/mol. The van der Waals surface area contributed by atoms with Crippen molar-refractivity contribution in [1.82, 2.24) is 10.3 Å². The van der Waals surface area contributed by atoms with E-state index >= 15 is 0 Å². The Balaban J connectivity index is 1.32. The summed E-state index contributed by atoms with van der Waals surface area (Å²) in [6.45, 7) is 19.1. The van der Waals surface area contributed by atoms with Crippen molar-refractivity contribution >= 4 is 22.8 Å². The Hall–Kier alpha value is -2.56. The van der Waals surface area contributed by atoms with Gasteiger partial charge < -0.3 is 15.4 Å². The number of aliphatic carboxylic acids is 1. The Morgan fingerprint density at radius 3 is 2.39 bits per heavy atom. The molecule has 1 aromatic carbocycles. The van der Waals surface area contributed by atoms with Gasteiger partial charge in [0.1, 0.15) is 6.04 Å². The number of aromatic amines is 1. The number of H-pyrrole nitrogens is 1. The van der Waals surface area contributed by atoms with E-state index in [1.54, 1.807) is 6.92 Å². The Bertz CT molecular complexity index is 1580. The van der Waals surface area contributed by atoms with Crippen molar-refractivity contribution in [2.75, 3.05) is 0 Å². The lowest BCUT2D eigenvalue weighted by Gasteiger charge is -2.70. The molecule has 5 aliphatic rings. The molecule has 0 aliphatic heterocycles. The number of carbonyl (C=O) groups is 2. The zero-order valence-corrected chi connectivity index (χ0v) is 28.3. The summed E-state index contributed by atoms with van der Waals surface area (Å²) < 4.78 is 0. The van der Waals surface area contributed by atoms with E-state index in [0.717, 1.165) is 44.9 Å². The second-order valence-corrected chi connectivity index (χ2v) is 17.8. The molecule has 0 saturated heterocycles. The molecule has 5 aliphatic carbocycles. The third-order valence-electron chi connectivity index (χ3n) is 15.0. The number of hydrogen-bond acceptors (Lipinski definition) is 2. The van der Waals surface area contributed by atoms with Crippen LogP contribution >= 0.6 is 0 Å². The minimum Gasteiger partial charge on any atom is -0.480 e. The third-order valence-corrected chi connectivity index (χ3v) is 15.0. The van der Waals surface area contributed by atoms with Gasteiger partial charge in [0.25, 0.3) is 0 Å². The molecule has 44 heavy (non-hydrogen) atoms. The summed E-state index contributed by atoms with van der Waals surface area (Å²) >= 11 is 0. The molecule has 1 aromatic heterocycles. The van der Waals surface area contributed by atoms with Crippen molar-refractivity contribution in [3.8, 4) is 0 Å². The van der Waals surface area contributed by atoms with Crippen LogP contribution in [-0.2, 0) is 21.4 Å². The van der Waals surface area contributed by atoms with Gasteiger partial charge in [-0.25, -0.2) is 0 Å². The van der Waals surface area contributed by atoms with Gasteiger partial charge in [-0.1, -0.05) is 78.3 Å². The molecule has 2 aromatic rings. The molecule has 3 fully saturated rings. The highest BCUT2D eigenvalue weighted by molar-refractivity contribution is 5.88. The van der Waals surface area contributed by atoms with Crippen molar-refractivity contribution < 1.29 is 14.7 Å². The first-order chi connectivity index (χ1) is 20.5. The number of aromatic nitrogens is 1. The minimum absolute atomic E-state index is 0.0226. The molecule has 5 heteroatoms. The second-order valence-electron chi connectivity index (χ2n) is 17.8. The smallest absolute Gasteiger partial charge is 0.325 e. The van der Waals surface area contributed by atoms with Gasteiger partial charge in [0.05, 0.1) is 5.41 Å². The summed E-state index contributed by atoms with van der Waals surface area (Å²) in [7, 11) is 0. The van der Waals surface area contributed by atoms with Gasteiger partial charge in [-0.05, 0) is 116 Å². The summed E-state index contributed by atoms with van der Waals surface area (Å²) in [5, 5.41) is 14.0. The van der Waals surface area contributed by atoms with Crippen LogP contribution in [0.25, 0.3) is 10.9 Å². The summed E-state index contributed by atoms with van der Waals surface area (Å²) in [5.74, 6) is 0.339. The van der Waals surface area contributed by atoms with Crippen LogP contribution in [0.3, 0.4) is 0 Å². The highest BCUT2D eigenvalue weighted by Crippen LogP contribution is 2.75. The normalized spacial score (nSPS) is 40.7. The lowest BCUT2D eigenvalue weighted by atomic mass is 9.33. The molecule has 5 nitrogen and oxygen atoms in total. The van der Waals surface area contributed by atoms with E-state index in [4.69, 9.17) is 0 Å². The maximum absolute atomic E-state index is 14.1. The number of para-hydroxylation sites is 1. The summed E-state index contributed by atoms with van der Waals surface area (Å²) in [4.78, 5) is 29.8. The van der Waals surface area contributed by atoms with Gasteiger partial charge in [0.15, 0.2) is 0 Å². The van der Waals surface area contributed by atoms with Gasteiger partial charge >= 0.3 is 5.97 Å². The Kier molecular flexibility index (Phi) is 6.33. The van der Waals surface area contributed by atoms with Crippen molar-refractivity contribution in [3.05, 3.63) is 47.2 Å². The molecule has 238 valence electrons. The summed E-state index contributed by atoms with van der Waals surface area (Å²) in [6.07, 6.45) is 11.9. The molecule has 1 amide bonds. The summed E-state index contributed by atoms with van der Waals surface area (Å²) in [5.41, 5.74) is 5.84. The first-order valence-corrected chi connectivity index (χ1v) is 17.3. The van der Waals surface area contributed by atoms with Crippen LogP contribution in [0.4, 0.5) is 0 Å². The van der Waals surface area contributed by atoms with Crippen molar-refractivity contribution in [2.24, 2.45) is 44.8 Å². The second kappa shape index (κ2) is 9.26. The van der Waals surface area contributed by atoms with E-state index in [1.807, 2.05) is 0 Å². The number of rotatable bonds is 3. The van der Waals surface area contributed by atoms with E-state index in [9.17, 15) is 14.7 Å². The number of allylic oxidation sites excluding steroid dienone is 2. The molecular formula is C39H54N2O3. The first-order valence-electron chi connectivity index (χ1n) is 17.3. The quantitative estimate of drug-likeness (QED) is 0.310. The molecule has 0 spiro atoms. The Labute approximate surface area is 264 Å². The van der Waals surface area contributed by atoms with Crippen LogP contribution in [0.2, 0.25) is 0 Å². The number of carboxylic acid groups (broad SMARTS) is 1. The number of amides is 1. The van der Waals surface area contributed by atoms with Gasteiger partial charge in [-0.3, -0.25) is 9.59 Å². The largest absolute Gasteiger partial charge is 0.480 e. The van der Waals surface area contributed by atoms with E-state index in [0.29, 0.717) is 11.8 Å². The SMILES string of the molecule is C[C@H](NC(=O)[C@]12CCC(C)(C)C[C@H]1C1=CC[C@@H]3[C@@]4(C)Cc5c([nH]c6ccccc56)C(C)(C)[C@@H]4CC[C@@]3(C)[C@]1(C)CC2)C(=O)O. The topological polar surface area (TPSA) is 82.2 Å². The Morgan fingerprint density at radius 2 is 1.66 bits per heavy atom. The predicted molar refractivity (Wildman–Crippen MR) is 176 cm³/mol. The molecule has 1 heterocycles. The fourth-order valence-corrected chi connectivity index (χ4v) is 12.3. The number of carbonyl (C=O) groups excluding carboxylic acids is 1. The predicted octanol–water partition coefficient (Wildman–Crippen LogP) is 8.57. The fraction of sp³-hybridized carbons (Fsp3) is 0.692. The third kappa shape index (κ3) is 3.76. The number of nitrogens with one attached hydrogen (secondary N) is 2. The molecule has 8 atom stereocenters. The minimum atomic E-state index is -0.964. The fourth-order valence-electron chi connectivity index (χ4n) is 12.3. The molecule has 0 unspecified atom stereocenters. The highest BCUT2D eigenvalue weighted by Gasteiger charge is 2.69. The van der Waals surface area contributed by atoms with Gasteiger partial charge in [-0.2, -0.15) is 0 Å². The Morgan fingerprint density at radius 1 is 0.955 bits per heavy atom. The number of carboxylic acids is 1. The zero-order valence-electron chi connectivity index (χ0n) is 28.3. The van der Waals surface area contributed by atoms with Crippen molar-refractivity contribution in [3.63, 3.8) is 0 Å². The molecule has 3 saturated carbocycles. The van der Waals surface area contributed by atoms with Crippen molar-refractivity contribution in [2.45, 2.75) is 125 Å². The van der Waals surface area contributed by atoms with E-state index in [1.165, 1.54) is 40.6 Å². The molecular weight excluding hydrogens is 544 g/mol. The van der Waals surface area contributed by atoms with Crippen LogP contribution in [0.15, 0.2) is 35.9 Å². The van der Waals surface area contributed by atoms with E-state index < -0.39 is 17.4 Å². The highest BCUT2D eigenvalue weighted by atomic mass is 16.4. The monoisotopic (exact) mass is 598 g/mol. The maximum Gasteiger partial charge on any atom is 0.325 e. The standard InChI is InChI=1S/C39H54N2O3/c1-23(32(42)43)40-33(44)39-19-17-34(2,3)22-27(39)26-13-14-30-36(6)21-25-24-11-9-10-12-28(24)41-31(25)35(4,5)29(36)15-16-38(30,8)37(26,7)18-20-39/h9-13,23,27,29-30,41H,14-22H2,1-8H3,(H,40,44)(H,42,43)/t23-,27-,29-,30+,36-,37+,38+,39-/m0/s1.